The normalized spacial score (nSPS) is 18.4. The molecule has 1 aromatic rings. The standard InChI is InChI=1S/C16H25N3OS/c1-13(21-3)16(20)17-15-6-4-14(5-7-15)12-19-10-8-18(2)9-11-19/h4-7,13H,8-12H2,1-3H3,(H,17,20). The van der Waals surface area contributed by atoms with Gasteiger partial charge in [0.2, 0.25) is 5.91 Å². The first-order valence-corrected chi connectivity index (χ1v) is 8.71. The summed E-state index contributed by atoms with van der Waals surface area (Å²) in [6.45, 7) is 7.44. The maximum Gasteiger partial charge on any atom is 0.237 e. The van der Waals surface area contributed by atoms with Crippen LogP contribution in [0.2, 0.25) is 0 Å². The lowest BCUT2D eigenvalue weighted by molar-refractivity contribution is -0.115. The number of thioether (sulfide) groups is 1. The van der Waals surface area contributed by atoms with E-state index in [2.05, 4.69) is 34.3 Å². The van der Waals surface area contributed by atoms with Gasteiger partial charge in [-0.1, -0.05) is 12.1 Å². The predicted molar refractivity (Wildman–Crippen MR) is 90.8 cm³/mol. The molecule has 1 aliphatic rings. The Balaban J connectivity index is 1.85. The predicted octanol–water partition coefficient (Wildman–Crippen LogP) is 2.12. The molecule has 0 spiro atoms. The van der Waals surface area contributed by atoms with Crippen molar-refractivity contribution < 1.29 is 4.79 Å². The van der Waals surface area contributed by atoms with Gasteiger partial charge in [0.15, 0.2) is 0 Å². The fraction of sp³-hybridized carbons (Fsp3) is 0.562. The Morgan fingerprint density at radius 3 is 2.43 bits per heavy atom. The maximum absolute atomic E-state index is 11.8. The molecule has 1 saturated heterocycles. The molecule has 116 valence electrons. The number of carbonyl (C=O) groups excluding carboxylic acids is 1. The molecule has 21 heavy (non-hydrogen) atoms. The minimum atomic E-state index is -0.0185. The Morgan fingerprint density at radius 1 is 1.24 bits per heavy atom. The van der Waals surface area contributed by atoms with Crippen molar-refractivity contribution >= 4 is 23.4 Å². The third kappa shape index (κ3) is 5.02. The number of hydrogen-bond acceptors (Lipinski definition) is 4. The monoisotopic (exact) mass is 307 g/mol. The van der Waals surface area contributed by atoms with Crippen molar-refractivity contribution in [3.63, 3.8) is 0 Å². The molecular weight excluding hydrogens is 282 g/mol. The molecule has 4 nitrogen and oxygen atoms in total. The van der Waals surface area contributed by atoms with E-state index in [0.29, 0.717) is 0 Å². The molecule has 1 aliphatic heterocycles. The number of nitrogens with one attached hydrogen (secondary N) is 1. The zero-order valence-electron chi connectivity index (χ0n) is 13.1. The molecule has 0 bridgehead atoms. The highest BCUT2D eigenvalue weighted by molar-refractivity contribution is 7.99. The molecule has 1 amide bonds. The summed E-state index contributed by atoms with van der Waals surface area (Å²) < 4.78 is 0. The Labute approximate surface area is 131 Å². The lowest BCUT2D eigenvalue weighted by Crippen LogP contribution is -2.43. The summed E-state index contributed by atoms with van der Waals surface area (Å²) in [5.41, 5.74) is 2.18. The molecule has 1 fully saturated rings. The number of amides is 1. The molecule has 0 radical (unpaired) electrons. The van der Waals surface area contributed by atoms with Gasteiger partial charge in [-0.05, 0) is 37.9 Å². The molecule has 1 unspecified atom stereocenters. The quantitative estimate of drug-likeness (QED) is 0.904. The SMILES string of the molecule is CSC(C)C(=O)Nc1ccc(CN2CCN(C)CC2)cc1. The molecule has 2 rings (SSSR count). The number of anilines is 1. The van der Waals surface area contributed by atoms with Crippen molar-refractivity contribution in [2.24, 2.45) is 0 Å². The molecule has 0 aromatic heterocycles. The molecule has 1 atom stereocenters. The third-order valence-corrected chi connectivity index (χ3v) is 4.87. The van der Waals surface area contributed by atoms with E-state index >= 15 is 0 Å². The van der Waals surface area contributed by atoms with Gasteiger partial charge < -0.3 is 10.2 Å². The van der Waals surface area contributed by atoms with Crippen molar-refractivity contribution in [1.29, 1.82) is 0 Å². The van der Waals surface area contributed by atoms with Crippen LogP contribution >= 0.6 is 11.8 Å². The highest BCUT2D eigenvalue weighted by Gasteiger charge is 2.14. The van der Waals surface area contributed by atoms with Crippen LogP contribution in [0.1, 0.15) is 12.5 Å². The van der Waals surface area contributed by atoms with E-state index < -0.39 is 0 Å². The van der Waals surface area contributed by atoms with Gasteiger partial charge in [0.1, 0.15) is 0 Å². The van der Waals surface area contributed by atoms with Crippen LogP contribution in [0.5, 0.6) is 0 Å². The Morgan fingerprint density at radius 2 is 1.86 bits per heavy atom. The minimum absolute atomic E-state index is 0.0185. The average molecular weight is 307 g/mol. The maximum atomic E-state index is 11.8. The highest BCUT2D eigenvalue weighted by atomic mass is 32.2. The summed E-state index contributed by atoms with van der Waals surface area (Å²) in [7, 11) is 2.17. The summed E-state index contributed by atoms with van der Waals surface area (Å²) in [5.74, 6) is 0.0642. The van der Waals surface area contributed by atoms with Crippen LogP contribution in [0.25, 0.3) is 0 Å². The van der Waals surface area contributed by atoms with Crippen LogP contribution in [0.15, 0.2) is 24.3 Å². The summed E-state index contributed by atoms with van der Waals surface area (Å²) >= 11 is 1.56. The number of hydrogen-bond donors (Lipinski definition) is 1. The number of likely N-dealkylation sites (N-methyl/N-ethyl adjacent to an activating group) is 1. The Kier molecular flexibility index (Phi) is 6.08. The Bertz CT molecular complexity index is 455. The second-order valence-corrected chi connectivity index (χ2v) is 6.82. The van der Waals surface area contributed by atoms with Crippen LogP contribution in [0, 0.1) is 0 Å². The van der Waals surface area contributed by atoms with Gasteiger partial charge in [-0.15, -0.1) is 0 Å². The van der Waals surface area contributed by atoms with E-state index in [-0.39, 0.29) is 11.2 Å². The fourth-order valence-electron chi connectivity index (χ4n) is 2.31. The van der Waals surface area contributed by atoms with Crippen LogP contribution in [-0.2, 0) is 11.3 Å². The summed E-state index contributed by atoms with van der Waals surface area (Å²) in [6.07, 6.45) is 1.95. The number of carbonyl (C=O) groups is 1. The topological polar surface area (TPSA) is 35.6 Å². The van der Waals surface area contributed by atoms with Crippen molar-refractivity contribution in [1.82, 2.24) is 9.80 Å². The van der Waals surface area contributed by atoms with Crippen LogP contribution in [-0.4, -0.2) is 60.4 Å². The van der Waals surface area contributed by atoms with E-state index in [1.165, 1.54) is 5.56 Å². The van der Waals surface area contributed by atoms with Gasteiger partial charge in [0, 0.05) is 38.4 Å². The van der Waals surface area contributed by atoms with Gasteiger partial charge in [0.05, 0.1) is 5.25 Å². The van der Waals surface area contributed by atoms with Crippen molar-refractivity contribution in [3.05, 3.63) is 29.8 Å². The first-order valence-electron chi connectivity index (χ1n) is 7.42. The van der Waals surface area contributed by atoms with Crippen LogP contribution in [0.3, 0.4) is 0 Å². The number of piperazine rings is 1. The second kappa shape index (κ2) is 7.82. The van der Waals surface area contributed by atoms with E-state index in [1.54, 1.807) is 11.8 Å². The van der Waals surface area contributed by atoms with Crippen molar-refractivity contribution in [2.45, 2.75) is 18.7 Å². The van der Waals surface area contributed by atoms with Gasteiger partial charge in [-0.3, -0.25) is 9.69 Å². The molecular formula is C16H25N3OS. The second-order valence-electron chi connectivity index (χ2n) is 5.64. The smallest absolute Gasteiger partial charge is 0.237 e. The minimum Gasteiger partial charge on any atom is -0.325 e. The Hall–Kier alpha value is -1.04. The molecule has 1 N–H and O–H groups in total. The number of benzene rings is 1. The zero-order valence-corrected chi connectivity index (χ0v) is 13.9. The fourth-order valence-corrected chi connectivity index (χ4v) is 2.58. The van der Waals surface area contributed by atoms with Crippen LogP contribution < -0.4 is 5.32 Å². The lowest BCUT2D eigenvalue weighted by atomic mass is 10.1. The van der Waals surface area contributed by atoms with E-state index in [0.717, 1.165) is 38.4 Å². The molecule has 5 heteroatoms. The van der Waals surface area contributed by atoms with E-state index in [9.17, 15) is 4.79 Å². The van der Waals surface area contributed by atoms with Gasteiger partial charge >= 0.3 is 0 Å². The van der Waals surface area contributed by atoms with Crippen molar-refractivity contribution in [3.8, 4) is 0 Å². The van der Waals surface area contributed by atoms with Crippen molar-refractivity contribution in [2.75, 3.05) is 44.8 Å². The third-order valence-electron chi connectivity index (χ3n) is 3.95. The molecule has 0 saturated carbocycles. The zero-order chi connectivity index (χ0) is 15.2. The van der Waals surface area contributed by atoms with E-state index in [4.69, 9.17) is 0 Å². The van der Waals surface area contributed by atoms with Gasteiger partial charge in [0.25, 0.3) is 0 Å². The highest BCUT2D eigenvalue weighted by Crippen LogP contribution is 2.14. The number of rotatable bonds is 5. The summed E-state index contributed by atoms with van der Waals surface area (Å²) in [5, 5.41) is 2.93. The first kappa shape index (κ1) is 16.3. The van der Waals surface area contributed by atoms with Crippen LogP contribution in [0.4, 0.5) is 5.69 Å². The summed E-state index contributed by atoms with van der Waals surface area (Å²) in [4.78, 5) is 16.7. The number of nitrogens with zero attached hydrogens (tertiary/aromatic N) is 2. The van der Waals surface area contributed by atoms with Gasteiger partial charge in [-0.2, -0.15) is 11.8 Å². The molecule has 0 aliphatic carbocycles. The van der Waals surface area contributed by atoms with Gasteiger partial charge in [-0.25, -0.2) is 0 Å². The lowest BCUT2D eigenvalue weighted by Gasteiger charge is -2.32. The molecule has 1 aromatic carbocycles. The largest absolute Gasteiger partial charge is 0.325 e. The van der Waals surface area contributed by atoms with E-state index in [1.807, 2.05) is 25.3 Å². The average Bonchev–Trinajstić information content (AvgIpc) is 2.50. The first-order chi connectivity index (χ1) is 10.1. The summed E-state index contributed by atoms with van der Waals surface area (Å²) in [6, 6.07) is 8.21. The molecule has 1 heterocycles.